The summed E-state index contributed by atoms with van der Waals surface area (Å²) in [5.41, 5.74) is 1.90. The molecule has 126 valence electrons. The van der Waals surface area contributed by atoms with Crippen molar-refractivity contribution >= 4 is 33.3 Å². The molecule has 0 bridgehead atoms. The molecule has 0 aliphatic rings. The molecule has 0 aliphatic heterocycles. The Morgan fingerprint density at radius 1 is 1.24 bits per heavy atom. The maximum atomic E-state index is 12.7. The number of hydrogen-bond donors (Lipinski definition) is 1. The fourth-order valence-corrected chi connectivity index (χ4v) is 4.66. The zero-order valence-corrected chi connectivity index (χ0v) is 15.4. The minimum absolute atomic E-state index is 0.0485. The molecule has 1 N–H and O–H groups in total. The molecule has 4 rings (SSSR count). The van der Waals surface area contributed by atoms with Gasteiger partial charge in [0.25, 0.3) is 5.56 Å². The van der Waals surface area contributed by atoms with E-state index in [2.05, 4.69) is 31.0 Å². The van der Waals surface area contributed by atoms with E-state index in [-0.39, 0.29) is 10.8 Å². The molecule has 0 aliphatic carbocycles. The Kier molecular flexibility index (Phi) is 4.23. The highest BCUT2D eigenvalue weighted by atomic mass is 32.2. The van der Waals surface area contributed by atoms with E-state index in [1.54, 1.807) is 18.0 Å². The highest BCUT2D eigenvalue weighted by Gasteiger charge is 2.18. The molecule has 0 saturated heterocycles. The molecule has 0 fully saturated rings. The number of nitrogens with zero attached hydrogens (tertiary/aromatic N) is 1. The summed E-state index contributed by atoms with van der Waals surface area (Å²) in [6.45, 7) is 4.14. The highest BCUT2D eigenvalue weighted by molar-refractivity contribution is 7.99. The first-order chi connectivity index (χ1) is 12.1. The maximum absolute atomic E-state index is 12.7. The number of aryl methyl sites for hydroxylation is 1. The van der Waals surface area contributed by atoms with Crippen molar-refractivity contribution < 1.29 is 4.42 Å². The van der Waals surface area contributed by atoms with Gasteiger partial charge in [0.15, 0.2) is 0 Å². The van der Waals surface area contributed by atoms with Crippen LogP contribution in [0.1, 0.15) is 23.6 Å². The minimum Gasteiger partial charge on any atom is -0.464 e. The average Bonchev–Trinajstić information content (AvgIpc) is 3.25. The third-order valence-corrected chi connectivity index (χ3v) is 6.19. The van der Waals surface area contributed by atoms with Gasteiger partial charge in [0.05, 0.1) is 16.9 Å². The molecule has 1 atom stereocenters. The molecule has 1 unspecified atom stereocenters. The fourth-order valence-electron chi connectivity index (χ4n) is 2.71. The zero-order chi connectivity index (χ0) is 17.4. The van der Waals surface area contributed by atoms with Crippen LogP contribution >= 0.6 is 23.1 Å². The molecule has 0 spiro atoms. The first-order valence-electron chi connectivity index (χ1n) is 7.91. The van der Waals surface area contributed by atoms with Gasteiger partial charge < -0.3 is 9.40 Å². The molecule has 4 nitrogen and oxygen atoms in total. The molecular weight excluding hydrogens is 352 g/mol. The third kappa shape index (κ3) is 3.03. The number of aromatic nitrogens is 2. The van der Waals surface area contributed by atoms with Crippen molar-refractivity contribution in [1.29, 1.82) is 0 Å². The van der Waals surface area contributed by atoms with Crippen LogP contribution in [0.5, 0.6) is 0 Å². The summed E-state index contributed by atoms with van der Waals surface area (Å²) < 4.78 is 5.43. The van der Waals surface area contributed by atoms with Crippen LogP contribution in [-0.4, -0.2) is 9.97 Å². The highest BCUT2D eigenvalue weighted by Crippen LogP contribution is 2.36. The molecular formula is C19H16N2O2S2. The molecule has 1 aromatic carbocycles. The Bertz CT molecular complexity index is 1080. The summed E-state index contributed by atoms with van der Waals surface area (Å²) in [6.07, 6.45) is 1.61. The van der Waals surface area contributed by atoms with Gasteiger partial charge in [-0.15, -0.1) is 23.1 Å². The Morgan fingerprint density at radius 3 is 2.84 bits per heavy atom. The van der Waals surface area contributed by atoms with Crippen LogP contribution in [0.3, 0.4) is 0 Å². The molecule has 3 aromatic heterocycles. The lowest BCUT2D eigenvalue weighted by molar-refractivity contribution is 0.583. The molecule has 0 amide bonds. The molecule has 0 radical (unpaired) electrons. The number of thioether (sulfide) groups is 1. The monoisotopic (exact) mass is 368 g/mol. The van der Waals surface area contributed by atoms with E-state index in [0.29, 0.717) is 17.0 Å². The molecule has 6 heteroatoms. The topological polar surface area (TPSA) is 58.9 Å². The van der Waals surface area contributed by atoms with Crippen LogP contribution in [0.15, 0.2) is 62.1 Å². The largest absolute Gasteiger partial charge is 0.464 e. The second-order valence-electron chi connectivity index (χ2n) is 5.78. The van der Waals surface area contributed by atoms with Crippen molar-refractivity contribution in [2.75, 3.05) is 0 Å². The van der Waals surface area contributed by atoms with E-state index in [1.807, 2.05) is 29.6 Å². The van der Waals surface area contributed by atoms with Gasteiger partial charge in [-0.25, -0.2) is 4.98 Å². The number of thiophene rings is 1. The Hall–Kier alpha value is -2.31. The van der Waals surface area contributed by atoms with Crippen LogP contribution in [0.4, 0.5) is 0 Å². The summed E-state index contributed by atoms with van der Waals surface area (Å²) in [7, 11) is 0. The normalized spacial score (nSPS) is 12.6. The smallest absolute Gasteiger partial charge is 0.260 e. The van der Waals surface area contributed by atoms with Gasteiger partial charge in [0.2, 0.25) is 0 Å². The lowest BCUT2D eigenvalue weighted by atomic mass is 10.2. The standard InChI is InChI=1S/C19H16N2O2S2/c1-11-6-3-4-8-15(11)25-12(2)17-20-18(22)16-13(10-24-19(16)21-17)14-7-5-9-23-14/h3-10,12H,1-2H3,(H,20,21,22). The van der Waals surface area contributed by atoms with Crippen molar-refractivity contribution in [3.63, 3.8) is 0 Å². The van der Waals surface area contributed by atoms with Crippen LogP contribution in [0.2, 0.25) is 0 Å². The second-order valence-corrected chi connectivity index (χ2v) is 8.02. The summed E-state index contributed by atoms with van der Waals surface area (Å²) in [4.78, 5) is 22.2. The van der Waals surface area contributed by atoms with Gasteiger partial charge in [0.1, 0.15) is 16.4 Å². The Labute approximate surface area is 152 Å². The first kappa shape index (κ1) is 16.2. The molecule has 25 heavy (non-hydrogen) atoms. The van der Waals surface area contributed by atoms with Gasteiger partial charge in [0, 0.05) is 15.8 Å². The second kappa shape index (κ2) is 6.54. The molecule has 4 aromatic rings. The first-order valence-corrected chi connectivity index (χ1v) is 9.67. The van der Waals surface area contributed by atoms with Crippen LogP contribution < -0.4 is 5.56 Å². The SMILES string of the molecule is Cc1ccccc1SC(C)c1nc2scc(-c3ccco3)c2c(=O)[nH]1. The van der Waals surface area contributed by atoms with Crippen LogP contribution in [-0.2, 0) is 0 Å². The van der Waals surface area contributed by atoms with E-state index in [4.69, 9.17) is 9.40 Å². The van der Waals surface area contributed by atoms with Crippen molar-refractivity contribution in [2.24, 2.45) is 0 Å². The van der Waals surface area contributed by atoms with Crippen molar-refractivity contribution in [3.05, 3.63) is 69.8 Å². The predicted octanol–water partition coefficient (Wildman–Crippen LogP) is 5.41. The Balaban J connectivity index is 1.72. The fraction of sp³-hybridized carbons (Fsp3) is 0.158. The maximum Gasteiger partial charge on any atom is 0.260 e. The number of hydrogen-bond acceptors (Lipinski definition) is 5. The number of nitrogens with one attached hydrogen (secondary N) is 1. The van der Waals surface area contributed by atoms with Crippen LogP contribution in [0.25, 0.3) is 21.5 Å². The summed E-state index contributed by atoms with van der Waals surface area (Å²) in [6, 6.07) is 11.9. The van der Waals surface area contributed by atoms with Gasteiger partial charge in [-0.05, 0) is 37.6 Å². The lowest BCUT2D eigenvalue weighted by Crippen LogP contribution is -2.12. The third-order valence-electron chi connectivity index (χ3n) is 4.03. The van der Waals surface area contributed by atoms with Gasteiger partial charge >= 0.3 is 0 Å². The van der Waals surface area contributed by atoms with E-state index < -0.39 is 0 Å². The average molecular weight is 368 g/mol. The summed E-state index contributed by atoms with van der Waals surface area (Å²) in [5.74, 6) is 1.38. The van der Waals surface area contributed by atoms with E-state index >= 15 is 0 Å². The number of furan rings is 1. The van der Waals surface area contributed by atoms with Crippen molar-refractivity contribution in [3.8, 4) is 11.3 Å². The number of rotatable bonds is 4. The summed E-state index contributed by atoms with van der Waals surface area (Å²) in [5, 5.41) is 2.57. The van der Waals surface area contributed by atoms with Crippen molar-refractivity contribution in [1.82, 2.24) is 9.97 Å². The zero-order valence-electron chi connectivity index (χ0n) is 13.8. The van der Waals surface area contributed by atoms with E-state index in [1.165, 1.54) is 21.8 Å². The minimum atomic E-state index is -0.120. The van der Waals surface area contributed by atoms with Crippen molar-refractivity contribution in [2.45, 2.75) is 24.0 Å². The number of fused-ring (bicyclic) bond motifs is 1. The Morgan fingerprint density at radius 2 is 2.08 bits per heavy atom. The van der Waals surface area contributed by atoms with Crippen LogP contribution in [0, 0.1) is 6.92 Å². The number of benzene rings is 1. The predicted molar refractivity (Wildman–Crippen MR) is 103 cm³/mol. The van der Waals surface area contributed by atoms with E-state index in [0.717, 1.165) is 10.4 Å². The lowest BCUT2D eigenvalue weighted by Gasteiger charge is -2.12. The van der Waals surface area contributed by atoms with Gasteiger partial charge in [-0.3, -0.25) is 4.79 Å². The van der Waals surface area contributed by atoms with E-state index in [9.17, 15) is 4.79 Å². The molecule has 0 saturated carbocycles. The summed E-state index contributed by atoms with van der Waals surface area (Å²) >= 11 is 3.17. The van der Waals surface area contributed by atoms with Gasteiger partial charge in [-0.2, -0.15) is 0 Å². The van der Waals surface area contributed by atoms with Gasteiger partial charge in [-0.1, -0.05) is 18.2 Å². The number of aromatic amines is 1. The number of H-pyrrole nitrogens is 1. The molecule has 3 heterocycles. The quantitative estimate of drug-likeness (QED) is 0.490.